The zero-order valence-electron chi connectivity index (χ0n) is 8.61. The van der Waals surface area contributed by atoms with E-state index in [1.165, 1.54) is 16.2 Å². The van der Waals surface area contributed by atoms with Gasteiger partial charge in [-0.2, -0.15) is 0 Å². The molecule has 1 heterocycles. The average Bonchev–Trinajstić information content (AvgIpc) is 2.61. The minimum atomic E-state index is 0.521. The molecule has 0 aliphatic carbocycles. The third-order valence-electron chi connectivity index (χ3n) is 1.92. The molecule has 0 atom stereocenters. The van der Waals surface area contributed by atoms with Crippen LogP contribution in [0.1, 0.15) is 4.88 Å². The number of carbonyl (C=O) groups is 1. The lowest BCUT2D eigenvalue weighted by atomic mass is 10.4. The van der Waals surface area contributed by atoms with Crippen LogP contribution < -0.4 is 0 Å². The van der Waals surface area contributed by atoms with Crippen LogP contribution in [0.4, 0.5) is 0 Å². The Morgan fingerprint density at radius 2 is 2.40 bits per heavy atom. The molecule has 0 bridgehead atoms. The monoisotopic (exact) mass is 245 g/mol. The number of carbonyl (C=O) groups excluding carboxylic acids is 1. The third-order valence-corrected chi connectivity index (χ3v) is 3.02. The Morgan fingerprint density at radius 1 is 1.73 bits per heavy atom. The third kappa shape index (κ3) is 3.21. The summed E-state index contributed by atoms with van der Waals surface area (Å²) < 4.78 is 0.521. The van der Waals surface area contributed by atoms with Crippen molar-refractivity contribution in [3.63, 3.8) is 0 Å². The maximum absolute atomic E-state index is 10.5. The van der Waals surface area contributed by atoms with Gasteiger partial charge in [0, 0.05) is 25.2 Å². The van der Waals surface area contributed by atoms with E-state index in [4.69, 9.17) is 11.6 Å². The van der Waals surface area contributed by atoms with E-state index in [0.717, 1.165) is 11.3 Å². The van der Waals surface area contributed by atoms with E-state index in [-0.39, 0.29) is 0 Å². The quantitative estimate of drug-likeness (QED) is 0.742. The topological polar surface area (TPSA) is 36.4 Å². The first-order valence-electron chi connectivity index (χ1n) is 4.23. The molecule has 0 fully saturated rings. The van der Waals surface area contributed by atoms with Crippen molar-refractivity contribution >= 4 is 29.3 Å². The van der Waals surface area contributed by atoms with Crippen LogP contribution in [0, 0.1) is 0 Å². The first kappa shape index (κ1) is 12.0. The lowest BCUT2D eigenvalue weighted by molar-refractivity contribution is -0.116. The van der Waals surface area contributed by atoms with Gasteiger partial charge in [-0.1, -0.05) is 18.2 Å². The summed E-state index contributed by atoms with van der Waals surface area (Å²) in [7, 11) is 3.52. The van der Waals surface area contributed by atoms with Gasteiger partial charge in [0.2, 0.25) is 6.41 Å². The standard InChI is InChI=1S/C9H12ClN3OS/c1-7(13(3)6-14)12(2)5-8-4-11-9(10)15-8/h4,6H,1,5H2,2-3H3. The molecule has 0 aliphatic rings. The highest BCUT2D eigenvalue weighted by molar-refractivity contribution is 7.15. The fourth-order valence-electron chi connectivity index (χ4n) is 1.01. The molecule has 0 radical (unpaired) electrons. The highest BCUT2D eigenvalue weighted by Crippen LogP contribution is 2.20. The molecule has 15 heavy (non-hydrogen) atoms. The van der Waals surface area contributed by atoms with Gasteiger partial charge in [-0.25, -0.2) is 4.98 Å². The normalized spacial score (nSPS) is 9.80. The SMILES string of the molecule is C=C(N(C)C=O)N(C)Cc1cnc(Cl)s1. The summed E-state index contributed by atoms with van der Waals surface area (Å²) in [6.45, 7) is 4.44. The summed E-state index contributed by atoms with van der Waals surface area (Å²) in [5, 5.41) is 0. The van der Waals surface area contributed by atoms with E-state index in [1.807, 2.05) is 11.9 Å². The molecule has 0 unspecified atom stereocenters. The molecule has 0 N–H and O–H groups in total. The van der Waals surface area contributed by atoms with Gasteiger partial charge in [-0.05, 0) is 0 Å². The second-order valence-electron chi connectivity index (χ2n) is 3.07. The van der Waals surface area contributed by atoms with Crippen LogP contribution in [0.5, 0.6) is 0 Å². The van der Waals surface area contributed by atoms with Crippen molar-refractivity contribution < 1.29 is 4.79 Å². The molecule has 0 aromatic carbocycles. The molecule has 0 aliphatic heterocycles. The number of amides is 1. The number of thiazole rings is 1. The molecular formula is C9H12ClN3OS. The van der Waals surface area contributed by atoms with Crippen LogP contribution in [0.2, 0.25) is 4.47 Å². The van der Waals surface area contributed by atoms with Crippen LogP contribution >= 0.6 is 22.9 Å². The Hall–Kier alpha value is -1.07. The Balaban J connectivity index is 2.59. The van der Waals surface area contributed by atoms with Crippen molar-refractivity contribution in [1.29, 1.82) is 0 Å². The average molecular weight is 246 g/mol. The van der Waals surface area contributed by atoms with Gasteiger partial charge in [-0.15, -0.1) is 11.3 Å². The molecule has 1 aromatic heterocycles. The second-order valence-corrected chi connectivity index (χ2v) is 4.77. The van der Waals surface area contributed by atoms with Crippen molar-refractivity contribution in [2.45, 2.75) is 6.54 Å². The maximum atomic E-state index is 10.5. The van der Waals surface area contributed by atoms with Crippen LogP contribution in [-0.4, -0.2) is 35.3 Å². The summed E-state index contributed by atoms with van der Waals surface area (Å²) in [4.78, 5) is 18.8. The minimum Gasteiger partial charge on any atom is -0.356 e. The van der Waals surface area contributed by atoms with E-state index in [0.29, 0.717) is 16.8 Å². The van der Waals surface area contributed by atoms with Gasteiger partial charge < -0.3 is 9.80 Å². The van der Waals surface area contributed by atoms with Crippen molar-refractivity contribution in [2.75, 3.05) is 14.1 Å². The van der Waals surface area contributed by atoms with Gasteiger partial charge in [0.15, 0.2) is 4.47 Å². The van der Waals surface area contributed by atoms with Gasteiger partial charge in [0.05, 0.1) is 6.54 Å². The molecule has 1 rings (SSSR count). The number of rotatable bonds is 5. The summed E-state index contributed by atoms with van der Waals surface area (Å²) in [6.07, 6.45) is 2.44. The van der Waals surface area contributed by atoms with Crippen molar-refractivity contribution in [2.24, 2.45) is 0 Å². The molecule has 0 saturated carbocycles. The van der Waals surface area contributed by atoms with Gasteiger partial charge >= 0.3 is 0 Å². The molecule has 0 saturated heterocycles. The highest BCUT2D eigenvalue weighted by Gasteiger charge is 2.08. The number of nitrogens with zero attached hydrogens (tertiary/aromatic N) is 3. The Kier molecular flexibility index (Phi) is 4.11. The molecular weight excluding hydrogens is 234 g/mol. The van der Waals surface area contributed by atoms with Crippen molar-refractivity contribution in [1.82, 2.24) is 14.8 Å². The minimum absolute atomic E-state index is 0.521. The Labute approximate surface area is 97.8 Å². The molecule has 82 valence electrons. The van der Waals surface area contributed by atoms with Gasteiger partial charge in [-0.3, -0.25) is 4.79 Å². The van der Waals surface area contributed by atoms with E-state index in [9.17, 15) is 4.79 Å². The predicted molar refractivity (Wildman–Crippen MR) is 61.6 cm³/mol. The molecule has 0 spiro atoms. The lowest BCUT2D eigenvalue weighted by Crippen LogP contribution is -2.28. The predicted octanol–water partition coefficient (Wildman–Crippen LogP) is 1.79. The van der Waals surface area contributed by atoms with E-state index < -0.39 is 0 Å². The fourth-order valence-corrected chi connectivity index (χ4v) is 2.04. The second kappa shape index (κ2) is 5.14. The Morgan fingerprint density at radius 3 is 2.87 bits per heavy atom. The van der Waals surface area contributed by atoms with E-state index >= 15 is 0 Å². The van der Waals surface area contributed by atoms with Gasteiger partial charge in [0.25, 0.3) is 0 Å². The summed E-state index contributed by atoms with van der Waals surface area (Å²) >= 11 is 7.13. The van der Waals surface area contributed by atoms with Gasteiger partial charge in [0.1, 0.15) is 5.82 Å². The number of halogens is 1. The van der Waals surface area contributed by atoms with Crippen LogP contribution in [-0.2, 0) is 11.3 Å². The smallest absolute Gasteiger partial charge is 0.214 e. The Bertz CT molecular complexity index is 366. The zero-order chi connectivity index (χ0) is 11.4. The molecule has 1 aromatic rings. The lowest BCUT2D eigenvalue weighted by Gasteiger charge is -2.25. The van der Waals surface area contributed by atoms with Crippen LogP contribution in [0.15, 0.2) is 18.6 Å². The van der Waals surface area contributed by atoms with Crippen molar-refractivity contribution in [3.8, 4) is 0 Å². The molecule has 6 heteroatoms. The molecule has 1 amide bonds. The van der Waals surface area contributed by atoms with Crippen LogP contribution in [0.25, 0.3) is 0 Å². The first-order valence-corrected chi connectivity index (χ1v) is 5.42. The van der Waals surface area contributed by atoms with E-state index in [1.54, 1.807) is 13.2 Å². The number of aromatic nitrogens is 1. The zero-order valence-corrected chi connectivity index (χ0v) is 10.2. The first-order chi connectivity index (χ1) is 7.04. The summed E-state index contributed by atoms with van der Waals surface area (Å²) in [5.41, 5.74) is 0. The van der Waals surface area contributed by atoms with E-state index in [2.05, 4.69) is 11.6 Å². The van der Waals surface area contributed by atoms with Crippen LogP contribution in [0.3, 0.4) is 0 Å². The largest absolute Gasteiger partial charge is 0.356 e. The fraction of sp³-hybridized carbons (Fsp3) is 0.333. The maximum Gasteiger partial charge on any atom is 0.214 e. The number of hydrogen-bond acceptors (Lipinski definition) is 4. The highest BCUT2D eigenvalue weighted by atomic mass is 35.5. The summed E-state index contributed by atoms with van der Waals surface area (Å²) in [5.74, 6) is 0.634. The number of hydrogen-bond donors (Lipinski definition) is 0. The van der Waals surface area contributed by atoms with Crippen molar-refractivity contribution in [3.05, 3.63) is 27.9 Å². The molecule has 4 nitrogen and oxygen atoms in total. The summed E-state index contributed by atoms with van der Waals surface area (Å²) in [6, 6.07) is 0.